The molecule has 4 atom stereocenters. The number of hydrogen-bond donors (Lipinski definition) is 0. The molecule has 0 spiro atoms. The van der Waals surface area contributed by atoms with Crippen molar-refractivity contribution in [2.45, 2.75) is 45.0 Å². The summed E-state index contributed by atoms with van der Waals surface area (Å²) < 4.78 is 8.62. The second-order valence-electron chi connectivity index (χ2n) is 10.6. The number of hydrogen-bond acceptors (Lipinski definition) is 4. The van der Waals surface area contributed by atoms with E-state index < -0.39 is 17.6 Å². The fourth-order valence-corrected chi connectivity index (χ4v) is 6.83. The van der Waals surface area contributed by atoms with Gasteiger partial charge in [0.05, 0.1) is 23.6 Å². The topological polar surface area (TPSA) is 54.8 Å². The van der Waals surface area contributed by atoms with Gasteiger partial charge in [0, 0.05) is 41.9 Å². The van der Waals surface area contributed by atoms with Crippen molar-refractivity contribution < 1.29 is 14.3 Å². The Morgan fingerprint density at radius 3 is 2.27 bits per heavy atom. The van der Waals surface area contributed by atoms with Crippen LogP contribution in [0, 0.1) is 18.8 Å². The van der Waals surface area contributed by atoms with E-state index >= 15 is 0 Å². The van der Waals surface area contributed by atoms with Crippen LogP contribution >= 0.6 is 0 Å². The number of aromatic nitrogens is 1. The zero-order chi connectivity index (χ0) is 23.4. The van der Waals surface area contributed by atoms with Crippen molar-refractivity contribution in [1.29, 1.82) is 0 Å². The first-order valence-corrected chi connectivity index (χ1v) is 11.5. The van der Waals surface area contributed by atoms with Crippen LogP contribution in [-0.2, 0) is 27.1 Å². The van der Waals surface area contributed by atoms with E-state index in [1.54, 1.807) is 7.11 Å². The molecule has 33 heavy (non-hydrogen) atoms. The lowest BCUT2D eigenvalue weighted by atomic mass is 9.76. The van der Waals surface area contributed by atoms with Gasteiger partial charge in [0.25, 0.3) is 0 Å². The van der Waals surface area contributed by atoms with Crippen molar-refractivity contribution in [1.82, 2.24) is 9.47 Å². The van der Waals surface area contributed by atoms with Crippen LogP contribution in [0.1, 0.15) is 43.6 Å². The third-order valence-electron chi connectivity index (χ3n) is 7.87. The molecular formula is C27H29N3O3. The molecule has 4 heterocycles. The van der Waals surface area contributed by atoms with Crippen molar-refractivity contribution in [3.8, 4) is 0 Å². The number of nitrogens with zero attached hydrogens (tertiary/aromatic N) is 3. The highest BCUT2D eigenvalue weighted by Gasteiger charge is 2.77. The zero-order valence-electron chi connectivity index (χ0n) is 19.9. The molecule has 2 saturated heterocycles. The number of anilines is 1. The largest absolute Gasteiger partial charge is 0.358 e. The molecule has 0 aliphatic carbocycles. The molecule has 3 aromatic rings. The standard InChI is InChI=1S/C27H29N3O3/c1-15-11-13-16(14-12-15)29-24(31)19-21(25(29)32)27(33-6)20-17-9-7-8-10-18(17)28(5)23(20)22(19)30(27)26(2,3)4/h7-14,19,21-22H,1-6H3/t19-,21-,22+,27-/m0/s1. The van der Waals surface area contributed by atoms with E-state index in [4.69, 9.17) is 4.74 Å². The van der Waals surface area contributed by atoms with Crippen molar-refractivity contribution >= 4 is 28.4 Å². The minimum atomic E-state index is -1.00. The molecule has 6 heteroatoms. The van der Waals surface area contributed by atoms with Crippen molar-refractivity contribution in [2.75, 3.05) is 12.0 Å². The summed E-state index contributed by atoms with van der Waals surface area (Å²) in [6, 6.07) is 15.6. The second-order valence-corrected chi connectivity index (χ2v) is 10.6. The van der Waals surface area contributed by atoms with E-state index in [-0.39, 0.29) is 23.4 Å². The number of benzene rings is 2. The van der Waals surface area contributed by atoms with Crippen LogP contribution in [0.15, 0.2) is 48.5 Å². The lowest BCUT2D eigenvalue weighted by molar-refractivity contribution is -0.179. The van der Waals surface area contributed by atoms with Gasteiger partial charge < -0.3 is 9.30 Å². The predicted molar refractivity (Wildman–Crippen MR) is 127 cm³/mol. The van der Waals surface area contributed by atoms with E-state index in [9.17, 15) is 9.59 Å². The minimum Gasteiger partial charge on any atom is -0.358 e. The maximum Gasteiger partial charge on any atom is 0.242 e. The monoisotopic (exact) mass is 443 g/mol. The van der Waals surface area contributed by atoms with Gasteiger partial charge in [-0.05, 0) is 45.9 Å². The number of para-hydroxylation sites is 1. The number of amides is 2. The molecule has 0 unspecified atom stereocenters. The van der Waals surface area contributed by atoms with Crippen LogP contribution in [0.4, 0.5) is 5.69 Å². The Bertz CT molecular complexity index is 1330. The number of ether oxygens (including phenoxy) is 1. The highest BCUT2D eigenvalue weighted by Crippen LogP contribution is 2.69. The molecule has 1 aromatic heterocycles. The maximum atomic E-state index is 14.1. The van der Waals surface area contributed by atoms with E-state index in [0.29, 0.717) is 5.69 Å². The average Bonchev–Trinajstić information content (AvgIpc) is 3.44. The van der Waals surface area contributed by atoms with E-state index in [1.165, 1.54) is 4.90 Å². The van der Waals surface area contributed by atoms with E-state index in [2.05, 4.69) is 49.4 Å². The molecule has 0 saturated carbocycles. The zero-order valence-corrected chi connectivity index (χ0v) is 19.9. The average molecular weight is 444 g/mol. The molecule has 3 aliphatic rings. The third kappa shape index (κ3) is 2.25. The summed E-state index contributed by atoms with van der Waals surface area (Å²) in [5, 5.41) is 1.08. The fraction of sp³-hybridized carbons (Fsp3) is 0.407. The van der Waals surface area contributed by atoms with Crippen molar-refractivity contribution in [3.05, 3.63) is 65.4 Å². The van der Waals surface area contributed by atoms with Gasteiger partial charge in [-0.3, -0.25) is 14.5 Å². The molecule has 6 rings (SSSR count). The Hall–Kier alpha value is -2.96. The Labute approximate surface area is 193 Å². The third-order valence-corrected chi connectivity index (χ3v) is 7.87. The number of methoxy groups -OCH3 is 1. The maximum absolute atomic E-state index is 14.1. The van der Waals surface area contributed by atoms with Crippen LogP contribution in [0.5, 0.6) is 0 Å². The quantitative estimate of drug-likeness (QED) is 0.556. The van der Waals surface area contributed by atoms with E-state index in [0.717, 1.165) is 27.7 Å². The van der Waals surface area contributed by atoms with Crippen molar-refractivity contribution in [3.63, 3.8) is 0 Å². The molecule has 0 radical (unpaired) electrons. The van der Waals surface area contributed by atoms with Gasteiger partial charge in [0.15, 0.2) is 5.72 Å². The number of rotatable bonds is 2. The lowest BCUT2D eigenvalue weighted by Gasteiger charge is -2.45. The Morgan fingerprint density at radius 2 is 1.64 bits per heavy atom. The molecule has 0 N–H and O–H groups in total. The Kier molecular flexibility index (Phi) is 3.96. The smallest absolute Gasteiger partial charge is 0.242 e. The number of aryl methyl sites for hydroxylation is 2. The molecule has 2 amide bonds. The van der Waals surface area contributed by atoms with Gasteiger partial charge >= 0.3 is 0 Å². The Balaban J connectivity index is 1.63. The summed E-state index contributed by atoms with van der Waals surface area (Å²) in [6.07, 6.45) is 0. The molecular weight excluding hydrogens is 414 g/mol. The fourth-order valence-electron chi connectivity index (χ4n) is 6.83. The van der Waals surface area contributed by atoms with Crippen LogP contribution in [0.3, 0.4) is 0 Å². The van der Waals surface area contributed by atoms with Gasteiger partial charge in [-0.2, -0.15) is 0 Å². The molecule has 2 fully saturated rings. The number of carbonyl (C=O) groups excluding carboxylic acids is 2. The van der Waals surface area contributed by atoms with Gasteiger partial charge in [-0.25, -0.2) is 4.90 Å². The Morgan fingerprint density at radius 1 is 0.970 bits per heavy atom. The summed E-state index contributed by atoms with van der Waals surface area (Å²) in [5.74, 6) is -1.40. The predicted octanol–water partition coefficient (Wildman–Crippen LogP) is 4.26. The van der Waals surface area contributed by atoms with Crippen LogP contribution in [0.25, 0.3) is 10.9 Å². The highest BCUT2D eigenvalue weighted by atomic mass is 16.5. The number of fused-ring (bicyclic) bond motifs is 10. The second kappa shape index (κ2) is 6.33. The van der Waals surface area contributed by atoms with Gasteiger partial charge in [-0.15, -0.1) is 0 Å². The summed E-state index contributed by atoms with van der Waals surface area (Å²) in [6.45, 7) is 8.40. The summed E-state index contributed by atoms with van der Waals surface area (Å²) in [5.41, 5.74) is 3.61. The molecule has 6 nitrogen and oxygen atoms in total. The molecule has 2 aromatic carbocycles. The summed E-state index contributed by atoms with van der Waals surface area (Å²) >= 11 is 0. The van der Waals surface area contributed by atoms with Gasteiger partial charge in [0.2, 0.25) is 11.8 Å². The van der Waals surface area contributed by atoms with E-state index in [1.807, 2.05) is 43.3 Å². The SMILES string of the molecule is CO[C@@]12c3c(n(C)c4ccccc34)[C@@H]([C@H]3C(=O)N(c4ccc(C)cc4)C(=O)[C@H]31)N2C(C)(C)C. The molecule has 170 valence electrons. The lowest BCUT2D eigenvalue weighted by Crippen LogP contribution is -2.54. The highest BCUT2D eigenvalue weighted by molar-refractivity contribution is 6.23. The van der Waals surface area contributed by atoms with Crippen LogP contribution in [-0.4, -0.2) is 33.9 Å². The minimum absolute atomic E-state index is 0.136. The van der Waals surface area contributed by atoms with Crippen LogP contribution < -0.4 is 4.90 Å². The molecule has 2 bridgehead atoms. The van der Waals surface area contributed by atoms with Gasteiger partial charge in [0.1, 0.15) is 0 Å². The first kappa shape index (κ1) is 20.6. The first-order chi connectivity index (χ1) is 15.6. The van der Waals surface area contributed by atoms with Crippen molar-refractivity contribution in [2.24, 2.45) is 18.9 Å². The first-order valence-electron chi connectivity index (χ1n) is 11.5. The summed E-state index contributed by atoms with van der Waals surface area (Å²) in [7, 11) is 3.74. The van der Waals surface area contributed by atoms with Crippen LogP contribution in [0.2, 0.25) is 0 Å². The summed E-state index contributed by atoms with van der Waals surface area (Å²) in [4.78, 5) is 31.7. The normalized spacial score (nSPS) is 28.8. The number of carbonyl (C=O) groups is 2. The number of imide groups is 1. The van der Waals surface area contributed by atoms with Gasteiger partial charge in [-0.1, -0.05) is 35.9 Å². The molecule has 3 aliphatic heterocycles.